The highest BCUT2D eigenvalue weighted by molar-refractivity contribution is 6.15. The molecule has 0 unspecified atom stereocenters. The first kappa shape index (κ1) is 44.8. The van der Waals surface area contributed by atoms with Crippen molar-refractivity contribution in [3.63, 3.8) is 0 Å². The molecule has 4 heterocycles. The molecule has 9 heteroatoms. The van der Waals surface area contributed by atoms with Crippen LogP contribution in [0.15, 0.2) is 237 Å². The van der Waals surface area contributed by atoms with E-state index in [1.54, 1.807) is 12.1 Å². The van der Waals surface area contributed by atoms with E-state index in [0.29, 0.717) is 16.8 Å². The summed E-state index contributed by atoms with van der Waals surface area (Å²) in [6.07, 6.45) is -4.75. The molecule has 78 heavy (non-hydrogen) atoms. The average molecular weight is 1010 g/mol. The Hall–Kier alpha value is -10.6. The molecule has 4 aromatic heterocycles. The van der Waals surface area contributed by atoms with Gasteiger partial charge in [-0.25, -0.2) is 0 Å². The summed E-state index contributed by atoms with van der Waals surface area (Å²) < 4.78 is 54.5. The number of halogens is 3. The molecule has 0 atom stereocenters. The van der Waals surface area contributed by atoms with Crippen molar-refractivity contribution >= 4 is 87.2 Å². The summed E-state index contributed by atoms with van der Waals surface area (Å²) in [6.45, 7) is 0. The number of benzene rings is 11. The van der Waals surface area contributed by atoms with Gasteiger partial charge in [0, 0.05) is 65.6 Å². The number of nitrogens with zero attached hydrogens (tertiary/aromatic N) is 6. The van der Waals surface area contributed by atoms with Crippen molar-refractivity contribution in [1.29, 1.82) is 10.5 Å². The summed E-state index contributed by atoms with van der Waals surface area (Å²) in [6, 6.07) is 82.2. The molecule has 15 aromatic rings. The molecular weight excluding hydrogens is 970 g/mol. The summed E-state index contributed by atoms with van der Waals surface area (Å²) in [5.74, 6) is 0. The average Bonchev–Trinajstić information content (AvgIpc) is 4.33. The molecule has 0 aliphatic heterocycles. The van der Waals surface area contributed by atoms with Gasteiger partial charge in [0.2, 0.25) is 0 Å². The van der Waals surface area contributed by atoms with Crippen molar-refractivity contribution in [2.45, 2.75) is 6.18 Å². The van der Waals surface area contributed by atoms with E-state index in [2.05, 4.69) is 182 Å². The molecule has 0 saturated heterocycles. The fourth-order valence-corrected chi connectivity index (χ4v) is 12.3. The van der Waals surface area contributed by atoms with Crippen LogP contribution in [-0.4, -0.2) is 18.3 Å². The Labute approximate surface area is 443 Å². The fourth-order valence-electron chi connectivity index (χ4n) is 12.3. The van der Waals surface area contributed by atoms with Crippen LogP contribution in [-0.2, 0) is 6.18 Å². The standard InChI is InChI=1S/C69H39F3N6/c70-69(71,72)58-35-42(40-73)25-30-47(58)44-27-32-55(68(37-44)78-64-24-12-6-18-53(64)57-39-46(29-34-66(57)78)76-61-21-9-3-15-50(61)51-16-4-10-22-62(51)76)54-31-26-43(41-74)36-67(54)77-63-23-11-5-17-52(63)56-38-45(28-33-65(56)77)75-59-19-7-1-13-48(59)49-14-2-8-20-60(49)75/h1-39H. The van der Waals surface area contributed by atoms with Crippen LogP contribution in [0, 0.1) is 22.7 Å². The van der Waals surface area contributed by atoms with Crippen molar-refractivity contribution in [2.24, 2.45) is 0 Å². The number of hydrogen-bond donors (Lipinski definition) is 0. The number of fused-ring (bicyclic) bond motifs is 12. The highest BCUT2D eigenvalue weighted by atomic mass is 19.4. The Balaban J connectivity index is 1.01. The van der Waals surface area contributed by atoms with Gasteiger partial charge in [-0.2, -0.15) is 23.7 Å². The minimum absolute atomic E-state index is 0.0507. The largest absolute Gasteiger partial charge is 0.417 e. The third-order valence-corrected chi connectivity index (χ3v) is 15.7. The van der Waals surface area contributed by atoms with E-state index in [0.717, 1.165) is 121 Å². The highest BCUT2D eigenvalue weighted by Crippen LogP contribution is 2.46. The molecule has 11 aromatic carbocycles. The van der Waals surface area contributed by atoms with Gasteiger partial charge in [-0.15, -0.1) is 0 Å². The van der Waals surface area contributed by atoms with E-state index in [-0.39, 0.29) is 11.1 Å². The SMILES string of the molecule is N#Cc1ccc(-c2ccc(-c3ccc(C#N)cc3C(F)(F)F)cc2-n2c3ccccc3c3cc(-n4c5ccccc5c5ccccc54)ccc32)c(-n2c3ccccc3c3cc(-n4c5ccccc5c5ccccc54)ccc32)c1. The zero-order chi connectivity index (χ0) is 52.4. The lowest BCUT2D eigenvalue weighted by Crippen LogP contribution is -2.08. The van der Waals surface area contributed by atoms with Crippen LogP contribution in [0.25, 0.3) is 132 Å². The molecule has 0 N–H and O–H groups in total. The molecule has 366 valence electrons. The van der Waals surface area contributed by atoms with Crippen LogP contribution >= 0.6 is 0 Å². The first-order valence-electron chi connectivity index (χ1n) is 25.6. The number of nitriles is 2. The van der Waals surface area contributed by atoms with E-state index < -0.39 is 11.7 Å². The van der Waals surface area contributed by atoms with E-state index in [9.17, 15) is 10.5 Å². The quantitative estimate of drug-likeness (QED) is 0.167. The third-order valence-electron chi connectivity index (χ3n) is 15.7. The van der Waals surface area contributed by atoms with Gasteiger partial charge in [0.25, 0.3) is 0 Å². The maximum Gasteiger partial charge on any atom is 0.417 e. The molecular formula is C69H39F3N6. The van der Waals surface area contributed by atoms with Crippen LogP contribution in [0.3, 0.4) is 0 Å². The zero-order valence-electron chi connectivity index (χ0n) is 41.3. The Morgan fingerprint density at radius 1 is 0.295 bits per heavy atom. The summed E-state index contributed by atoms with van der Waals surface area (Å²) in [7, 11) is 0. The minimum atomic E-state index is -4.75. The fraction of sp³-hybridized carbons (Fsp3) is 0.0145. The Morgan fingerprint density at radius 3 is 1.04 bits per heavy atom. The molecule has 0 bridgehead atoms. The van der Waals surface area contributed by atoms with Crippen LogP contribution in [0.5, 0.6) is 0 Å². The van der Waals surface area contributed by atoms with Crippen molar-refractivity contribution in [3.8, 4) is 57.1 Å². The normalized spacial score (nSPS) is 12.0. The number of para-hydroxylation sites is 6. The third kappa shape index (κ3) is 6.62. The van der Waals surface area contributed by atoms with Gasteiger partial charge in [0.1, 0.15) is 0 Å². The highest BCUT2D eigenvalue weighted by Gasteiger charge is 2.35. The summed E-state index contributed by atoms with van der Waals surface area (Å²) >= 11 is 0. The molecule has 0 aliphatic carbocycles. The summed E-state index contributed by atoms with van der Waals surface area (Å²) in [5, 5.41) is 28.9. The summed E-state index contributed by atoms with van der Waals surface area (Å²) in [4.78, 5) is 0. The van der Waals surface area contributed by atoms with Gasteiger partial charge in [-0.1, -0.05) is 133 Å². The Morgan fingerprint density at radius 2 is 0.628 bits per heavy atom. The van der Waals surface area contributed by atoms with Gasteiger partial charge in [-0.05, 0) is 114 Å². The zero-order valence-corrected chi connectivity index (χ0v) is 41.3. The maximum atomic E-state index is 15.2. The maximum absolute atomic E-state index is 15.2. The summed E-state index contributed by atoms with van der Waals surface area (Å²) in [5.41, 5.74) is 12.4. The van der Waals surface area contributed by atoms with Gasteiger partial charge in [0.05, 0.1) is 84.3 Å². The molecule has 6 nitrogen and oxygen atoms in total. The molecule has 0 aliphatic rings. The lowest BCUT2D eigenvalue weighted by atomic mass is 9.93. The van der Waals surface area contributed by atoms with Crippen molar-refractivity contribution in [3.05, 3.63) is 253 Å². The smallest absolute Gasteiger partial charge is 0.309 e. The Kier molecular flexibility index (Phi) is 9.75. The van der Waals surface area contributed by atoms with Crippen LogP contribution in [0.2, 0.25) is 0 Å². The van der Waals surface area contributed by atoms with E-state index >= 15 is 13.2 Å². The van der Waals surface area contributed by atoms with Crippen LogP contribution in [0.4, 0.5) is 13.2 Å². The van der Waals surface area contributed by atoms with Crippen molar-refractivity contribution in [2.75, 3.05) is 0 Å². The topological polar surface area (TPSA) is 67.3 Å². The second kappa shape index (κ2) is 17.0. The first-order chi connectivity index (χ1) is 38.2. The second-order valence-corrected chi connectivity index (χ2v) is 19.8. The number of alkyl halides is 3. The molecule has 0 fully saturated rings. The molecule has 15 rings (SSSR count). The van der Waals surface area contributed by atoms with E-state index in [1.165, 1.54) is 12.1 Å². The van der Waals surface area contributed by atoms with Crippen LogP contribution < -0.4 is 0 Å². The van der Waals surface area contributed by atoms with Crippen LogP contribution in [0.1, 0.15) is 16.7 Å². The second-order valence-electron chi connectivity index (χ2n) is 19.8. The molecule has 0 radical (unpaired) electrons. The Bertz CT molecular complexity index is 5020. The molecule has 0 saturated carbocycles. The lowest BCUT2D eigenvalue weighted by Gasteiger charge is -2.21. The van der Waals surface area contributed by atoms with Crippen molar-refractivity contribution in [1.82, 2.24) is 18.3 Å². The van der Waals surface area contributed by atoms with Gasteiger partial charge >= 0.3 is 6.18 Å². The van der Waals surface area contributed by atoms with Gasteiger partial charge in [-0.3, -0.25) is 0 Å². The van der Waals surface area contributed by atoms with Gasteiger partial charge in [0.15, 0.2) is 0 Å². The van der Waals surface area contributed by atoms with E-state index in [4.69, 9.17) is 0 Å². The van der Waals surface area contributed by atoms with E-state index in [1.807, 2.05) is 54.6 Å². The minimum Gasteiger partial charge on any atom is -0.309 e. The monoisotopic (exact) mass is 1010 g/mol. The molecule has 0 spiro atoms. The number of rotatable bonds is 6. The van der Waals surface area contributed by atoms with Crippen molar-refractivity contribution < 1.29 is 13.2 Å². The predicted molar refractivity (Wildman–Crippen MR) is 309 cm³/mol. The molecule has 0 amide bonds. The first-order valence-corrected chi connectivity index (χ1v) is 25.6. The number of aromatic nitrogens is 4. The lowest BCUT2D eigenvalue weighted by molar-refractivity contribution is -0.137. The number of hydrogen-bond acceptors (Lipinski definition) is 2. The predicted octanol–water partition coefficient (Wildman–Crippen LogP) is 18.2. The van der Waals surface area contributed by atoms with Gasteiger partial charge < -0.3 is 18.3 Å².